The van der Waals surface area contributed by atoms with E-state index in [0.717, 1.165) is 0 Å². The Balaban J connectivity index is 1.80. The third kappa shape index (κ3) is 3.86. The van der Waals surface area contributed by atoms with E-state index in [0.29, 0.717) is 27.7 Å². The van der Waals surface area contributed by atoms with Crippen LogP contribution < -0.4 is 4.90 Å². The number of ketones is 1. The number of fused-ring (bicyclic) bond motifs is 1. The van der Waals surface area contributed by atoms with E-state index in [2.05, 4.69) is 20.3 Å². The van der Waals surface area contributed by atoms with E-state index in [4.69, 9.17) is 11.6 Å². The number of alkyl halides is 2. The highest BCUT2D eigenvalue weighted by Crippen LogP contribution is 2.34. The third-order valence-electron chi connectivity index (χ3n) is 4.96. The number of benzene rings is 1. The Morgan fingerprint density at radius 2 is 1.97 bits per heavy atom. The molecular weight excluding hydrogens is 414 g/mol. The lowest BCUT2D eigenvalue weighted by molar-refractivity contribution is 0.0256. The summed E-state index contributed by atoms with van der Waals surface area (Å²) in [5.41, 5.74) is 0.569. The molecule has 0 aliphatic carbocycles. The SMILES string of the molecule is CC(C)(C)c1nc(N2CCC(F)(F)C2)c2c(nnn2CC(=O)c2ccccc2Cl)n1. The molecule has 7 nitrogen and oxygen atoms in total. The molecular formula is C20H21ClF2N6O. The van der Waals surface area contributed by atoms with Gasteiger partial charge in [0.2, 0.25) is 5.65 Å². The molecule has 1 aliphatic heterocycles. The summed E-state index contributed by atoms with van der Waals surface area (Å²) in [6.45, 7) is 5.33. The van der Waals surface area contributed by atoms with Crippen LogP contribution in [0.15, 0.2) is 24.3 Å². The predicted octanol–water partition coefficient (Wildman–Crippen LogP) is 3.90. The summed E-state index contributed by atoms with van der Waals surface area (Å²) in [6.07, 6.45) is -0.260. The molecule has 10 heteroatoms. The first-order chi connectivity index (χ1) is 14.0. The van der Waals surface area contributed by atoms with E-state index >= 15 is 0 Å². The smallest absolute Gasteiger partial charge is 0.266 e. The number of aromatic nitrogens is 5. The lowest BCUT2D eigenvalue weighted by atomic mass is 9.96. The van der Waals surface area contributed by atoms with Gasteiger partial charge in [0.1, 0.15) is 12.4 Å². The van der Waals surface area contributed by atoms with Crippen molar-refractivity contribution in [3.8, 4) is 0 Å². The fourth-order valence-electron chi connectivity index (χ4n) is 3.36. The second-order valence-electron chi connectivity index (χ2n) is 8.47. The first kappa shape index (κ1) is 20.6. The van der Waals surface area contributed by atoms with Crippen molar-refractivity contribution in [2.75, 3.05) is 18.0 Å². The first-order valence-electron chi connectivity index (χ1n) is 9.57. The molecule has 0 saturated carbocycles. The van der Waals surface area contributed by atoms with E-state index in [1.165, 1.54) is 9.58 Å². The van der Waals surface area contributed by atoms with Crippen LogP contribution in [0.4, 0.5) is 14.6 Å². The van der Waals surface area contributed by atoms with Crippen LogP contribution in [0.1, 0.15) is 43.4 Å². The number of carbonyl (C=O) groups is 1. The number of hydrogen-bond acceptors (Lipinski definition) is 6. The van der Waals surface area contributed by atoms with Crippen LogP contribution in [-0.4, -0.2) is 49.8 Å². The number of Topliss-reactive ketones (excluding diaryl/α,β-unsaturated/α-hetero) is 1. The van der Waals surface area contributed by atoms with Gasteiger partial charge in [-0.2, -0.15) is 0 Å². The molecule has 3 heterocycles. The van der Waals surface area contributed by atoms with Crippen molar-refractivity contribution in [3.63, 3.8) is 0 Å². The number of anilines is 1. The Hall–Kier alpha value is -2.68. The minimum Gasteiger partial charge on any atom is -0.348 e. The minimum atomic E-state index is -2.80. The fraction of sp³-hybridized carbons (Fsp3) is 0.450. The van der Waals surface area contributed by atoms with Crippen molar-refractivity contribution in [2.24, 2.45) is 0 Å². The van der Waals surface area contributed by atoms with Gasteiger partial charge in [-0.05, 0) is 12.1 Å². The summed E-state index contributed by atoms with van der Waals surface area (Å²) >= 11 is 6.13. The van der Waals surface area contributed by atoms with Crippen LogP contribution >= 0.6 is 11.6 Å². The Bertz CT molecular complexity index is 1120. The van der Waals surface area contributed by atoms with Gasteiger partial charge < -0.3 is 4.90 Å². The summed E-state index contributed by atoms with van der Waals surface area (Å²) < 4.78 is 29.2. The summed E-state index contributed by atoms with van der Waals surface area (Å²) in [6, 6.07) is 6.71. The minimum absolute atomic E-state index is 0.145. The Morgan fingerprint density at radius 1 is 1.23 bits per heavy atom. The van der Waals surface area contributed by atoms with E-state index < -0.39 is 17.9 Å². The molecule has 1 fully saturated rings. The molecule has 0 bridgehead atoms. The van der Waals surface area contributed by atoms with Gasteiger partial charge in [-0.15, -0.1) is 5.10 Å². The van der Waals surface area contributed by atoms with Crippen molar-refractivity contribution in [1.82, 2.24) is 25.0 Å². The summed E-state index contributed by atoms with van der Waals surface area (Å²) in [7, 11) is 0. The molecule has 0 radical (unpaired) electrons. The van der Waals surface area contributed by atoms with E-state index in [1.54, 1.807) is 24.3 Å². The Morgan fingerprint density at radius 3 is 2.60 bits per heavy atom. The highest BCUT2D eigenvalue weighted by molar-refractivity contribution is 6.33. The predicted molar refractivity (Wildman–Crippen MR) is 109 cm³/mol. The standard InChI is InChI=1S/C20H21ClF2N6O/c1-19(2,3)18-24-16-15(17(25-18)28-9-8-20(22,23)11-28)29(27-26-16)10-14(30)12-6-4-5-7-13(12)21/h4-7H,8-11H2,1-3H3. The number of halogens is 3. The molecule has 3 aromatic rings. The molecule has 1 aliphatic rings. The molecule has 30 heavy (non-hydrogen) atoms. The molecule has 0 amide bonds. The normalized spacial score (nSPS) is 16.4. The largest absolute Gasteiger partial charge is 0.348 e. The van der Waals surface area contributed by atoms with Crippen molar-refractivity contribution in [2.45, 2.75) is 45.1 Å². The van der Waals surface area contributed by atoms with Gasteiger partial charge >= 0.3 is 0 Å². The van der Waals surface area contributed by atoms with Gasteiger partial charge in [0.05, 0.1) is 11.6 Å². The van der Waals surface area contributed by atoms with Crippen LogP contribution in [0.25, 0.3) is 11.2 Å². The zero-order valence-corrected chi connectivity index (χ0v) is 17.6. The maximum Gasteiger partial charge on any atom is 0.266 e. The van der Waals surface area contributed by atoms with Crippen LogP contribution in [0.5, 0.6) is 0 Å². The highest BCUT2D eigenvalue weighted by Gasteiger charge is 2.40. The lowest BCUT2D eigenvalue weighted by Crippen LogP contribution is -2.28. The van der Waals surface area contributed by atoms with Crippen LogP contribution in [-0.2, 0) is 12.0 Å². The highest BCUT2D eigenvalue weighted by atomic mass is 35.5. The molecule has 158 valence electrons. The average Bonchev–Trinajstić information content (AvgIpc) is 3.23. The molecule has 0 unspecified atom stereocenters. The van der Waals surface area contributed by atoms with Gasteiger partial charge in [-0.3, -0.25) is 4.79 Å². The van der Waals surface area contributed by atoms with Crippen LogP contribution in [0.3, 0.4) is 0 Å². The second-order valence-corrected chi connectivity index (χ2v) is 8.88. The zero-order valence-electron chi connectivity index (χ0n) is 16.9. The summed E-state index contributed by atoms with van der Waals surface area (Å²) in [4.78, 5) is 23.4. The molecule has 0 N–H and O–H groups in total. The number of rotatable bonds is 4. The summed E-state index contributed by atoms with van der Waals surface area (Å²) in [5.74, 6) is -2.28. The van der Waals surface area contributed by atoms with Gasteiger partial charge in [0.15, 0.2) is 17.1 Å². The topological polar surface area (TPSA) is 76.8 Å². The maximum atomic E-state index is 13.9. The number of carbonyl (C=O) groups excluding carboxylic acids is 1. The molecule has 0 atom stereocenters. The number of hydrogen-bond donors (Lipinski definition) is 0. The Kier molecular flexibility index (Phi) is 4.96. The van der Waals surface area contributed by atoms with Crippen molar-refractivity contribution >= 4 is 34.4 Å². The monoisotopic (exact) mass is 434 g/mol. The quantitative estimate of drug-likeness (QED) is 0.579. The maximum absolute atomic E-state index is 13.9. The van der Waals surface area contributed by atoms with Gasteiger partial charge in [0, 0.05) is 23.9 Å². The van der Waals surface area contributed by atoms with Gasteiger partial charge in [-0.1, -0.05) is 49.7 Å². The molecule has 2 aromatic heterocycles. The van der Waals surface area contributed by atoms with Crippen molar-refractivity contribution in [3.05, 3.63) is 40.7 Å². The molecule has 4 rings (SSSR count). The van der Waals surface area contributed by atoms with Crippen molar-refractivity contribution in [1.29, 1.82) is 0 Å². The molecule has 1 aromatic carbocycles. The summed E-state index contributed by atoms with van der Waals surface area (Å²) in [5, 5.41) is 8.49. The fourth-order valence-corrected chi connectivity index (χ4v) is 3.61. The van der Waals surface area contributed by atoms with Gasteiger partial charge in [-0.25, -0.2) is 23.4 Å². The first-order valence-corrected chi connectivity index (χ1v) is 9.95. The molecule has 1 saturated heterocycles. The van der Waals surface area contributed by atoms with E-state index in [-0.39, 0.29) is 30.9 Å². The van der Waals surface area contributed by atoms with Crippen LogP contribution in [0, 0.1) is 0 Å². The van der Waals surface area contributed by atoms with E-state index in [9.17, 15) is 13.6 Å². The third-order valence-corrected chi connectivity index (χ3v) is 5.29. The van der Waals surface area contributed by atoms with E-state index in [1.807, 2.05) is 20.8 Å². The second kappa shape index (κ2) is 7.23. The van der Waals surface area contributed by atoms with Crippen molar-refractivity contribution < 1.29 is 13.6 Å². The van der Waals surface area contributed by atoms with Crippen LogP contribution in [0.2, 0.25) is 5.02 Å². The van der Waals surface area contributed by atoms with Gasteiger partial charge in [0.25, 0.3) is 5.92 Å². The lowest BCUT2D eigenvalue weighted by Gasteiger charge is -2.22. The number of nitrogens with zero attached hydrogens (tertiary/aromatic N) is 6. The molecule has 0 spiro atoms. The average molecular weight is 435 g/mol. The zero-order chi connectivity index (χ0) is 21.7. The Labute approximate surface area is 177 Å².